The van der Waals surface area contributed by atoms with Gasteiger partial charge in [0.1, 0.15) is 5.75 Å². The number of hydrogen-bond donors (Lipinski definition) is 0. The topological polar surface area (TPSA) is 80.8 Å². The van der Waals surface area contributed by atoms with Crippen LogP contribution in [0.15, 0.2) is 58.3 Å². The normalized spacial score (nSPS) is 16.8. The van der Waals surface area contributed by atoms with Crippen molar-refractivity contribution in [1.29, 1.82) is 0 Å². The summed E-state index contributed by atoms with van der Waals surface area (Å²) in [4.78, 5) is 0.497. The van der Waals surface area contributed by atoms with Crippen molar-refractivity contribution < 1.29 is 21.6 Å². The lowest BCUT2D eigenvalue weighted by molar-refractivity contribution is 0.337. The van der Waals surface area contributed by atoms with Gasteiger partial charge in [-0.1, -0.05) is 18.2 Å². The number of benzene rings is 2. The zero-order valence-electron chi connectivity index (χ0n) is 16.0. The minimum absolute atomic E-state index is 0.186. The summed E-state index contributed by atoms with van der Waals surface area (Å²) in [5.41, 5.74) is 0.754. The molecule has 0 aromatic heterocycles. The number of rotatable bonds is 6. The number of nitrogens with zero attached hydrogens (tertiary/aromatic N) is 1. The summed E-state index contributed by atoms with van der Waals surface area (Å²) in [5, 5.41) is -0.566. The SMILES string of the molecule is CCOc1ccc(S(=O)(=O)N2CCC(S(=O)(=O)c3ccccc3)CC2)cc1C. The number of sulfone groups is 1. The van der Waals surface area contributed by atoms with Crippen molar-refractivity contribution >= 4 is 19.9 Å². The molecule has 0 bridgehead atoms. The average Bonchev–Trinajstić information content (AvgIpc) is 2.70. The van der Waals surface area contributed by atoms with Crippen LogP contribution < -0.4 is 4.74 Å². The third-order valence-electron chi connectivity index (χ3n) is 5.00. The molecule has 2 aromatic rings. The van der Waals surface area contributed by atoms with Crippen LogP contribution in [-0.2, 0) is 19.9 Å². The second kappa shape index (κ2) is 8.23. The van der Waals surface area contributed by atoms with Gasteiger partial charge in [0, 0.05) is 13.1 Å². The fraction of sp³-hybridized carbons (Fsp3) is 0.400. The maximum atomic E-state index is 13.0. The molecule has 1 heterocycles. The molecule has 0 spiro atoms. The smallest absolute Gasteiger partial charge is 0.243 e. The molecule has 0 N–H and O–H groups in total. The van der Waals surface area contributed by atoms with Crippen LogP contribution in [0.1, 0.15) is 25.3 Å². The molecule has 1 aliphatic rings. The van der Waals surface area contributed by atoms with Crippen molar-refractivity contribution in [3.05, 3.63) is 54.1 Å². The molecule has 0 atom stereocenters. The molecule has 1 fully saturated rings. The van der Waals surface area contributed by atoms with Crippen molar-refractivity contribution in [3.8, 4) is 5.75 Å². The highest BCUT2D eigenvalue weighted by atomic mass is 32.2. The zero-order valence-corrected chi connectivity index (χ0v) is 17.7. The van der Waals surface area contributed by atoms with Crippen LogP contribution in [0.4, 0.5) is 0 Å². The molecule has 6 nitrogen and oxygen atoms in total. The predicted octanol–water partition coefficient (Wildman–Crippen LogP) is 3.02. The summed E-state index contributed by atoms with van der Waals surface area (Å²) in [6.45, 7) is 4.56. The lowest BCUT2D eigenvalue weighted by Crippen LogP contribution is -2.42. The maximum Gasteiger partial charge on any atom is 0.243 e. The van der Waals surface area contributed by atoms with Gasteiger partial charge in [0.2, 0.25) is 10.0 Å². The average molecular weight is 424 g/mol. The first kappa shape index (κ1) is 20.8. The van der Waals surface area contributed by atoms with E-state index in [-0.39, 0.29) is 30.8 Å². The lowest BCUT2D eigenvalue weighted by atomic mass is 10.2. The van der Waals surface area contributed by atoms with E-state index in [0.717, 1.165) is 5.56 Å². The summed E-state index contributed by atoms with van der Waals surface area (Å²) in [6.07, 6.45) is 0.568. The first-order chi connectivity index (χ1) is 13.3. The van der Waals surface area contributed by atoms with E-state index < -0.39 is 25.1 Å². The summed E-state index contributed by atoms with van der Waals surface area (Å²) in [7, 11) is -7.12. The van der Waals surface area contributed by atoms with Gasteiger partial charge < -0.3 is 4.74 Å². The van der Waals surface area contributed by atoms with E-state index in [9.17, 15) is 16.8 Å². The minimum atomic E-state index is -3.67. The van der Waals surface area contributed by atoms with Gasteiger partial charge in [0.25, 0.3) is 0 Å². The number of piperidine rings is 1. The molecular formula is C20H25NO5S2. The highest BCUT2D eigenvalue weighted by Gasteiger charge is 2.35. The van der Waals surface area contributed by atoms with Crippen LogP contribution in [-0.4, -0.2) is 46.1 Å². The molecule has 28 heavy (non-hydrogen) atoms. The Morgan fingerprint density at radius 3 is 2.18 bits per heavy atom. The van der Waals surface area contributed by atoms with Crippen molar-refractivity contribution in [2.24, 2.45) is 0 Å². The van der Waals surface area contributed by atoms with Crippen molar-refractivity contribution in [3.63, 3.8) is 0 Å². The molecule has 0 aliphatic carbocycles. The highest BCUT2D eigenvalue weighted by molar-refractivity contribution is 7.92. The molecule has 0 radical (unpaired) electrons. The predicted molar refractivity (Wildman–Crippen MR) is 108 cm³/mol. The molecule has 2 aromatic carbocycles. The molecule has 0 saturated carbocycles. The van der Waals surface area contributed by atoms with E-state index in [2.05, 4.69) is 0 Å². The summed E-state index contributed by atoms with van der Waals surface area (Å²) < 4.78 is 58.3. The van der Waals surface area contributed by atoms with Crippen LogP contribution in [0.2, 0.25) is 0 Å². The molecule has 8 heteroatoms. The molecule has 152 valence electrons. The van der Waals surface area contributed by atoms with Gasteiger partial charge in [-0.2, -0.15) is 4.31 Å². The van der Waals surface area contributed by atoms with Crippen LogP contribution in [0.25, 0.3) is 0 Å². The Morgan fingerprint density at radius 1 is 0.964 bits per heavy atom. The lowest BCUT2D eigenvalue weighted by Gasteiger charge is -2.31. The van der Waals surface area contributed by atoms with E-state index in [0.29, 0.717) is 17.3 Å². The van der Waals surface area contributed by atoms with E-state index >= 15 is 0 Å². The fourth-order valence-corrected chi connectivity index (χ4v) is 6.74. The molecule has 1 saturated heterocycles. The number of hydrogen-bond acceptors (Lipinski definition) is 5. The number of ether oxygens (including phenoxy) is 1. The minimum Gasteiger partial charge on any atom is -0.494 e. The van der Waals surface area contributed by atoms with Gasteiger partial charge in [0.05, 0.1) is 21.6 Å². The van der Waals surface area contributed by atoms with Crippen molar-refractivity contribution in [1.82, 2.24) is 4.31 Å². The molecule has 0 unspecified atom stereocenters. The van der Waals surface area contributed by atoms with Gasteiger partial charge in [-0.25, -0.2) is 16.8 Å². The van der Waals surface area contributed by atoms with E-state index in [4.69, 9.17) is 4.74 Å². The standard InChI is InChI=1S/C20H25NO5S2/c1-3-26-20-10-9-19(15-16(20)2)28(24,25)21-13-11-18(12-14-21)27(22,23)17-7-5-4-6-8-17/h4-10,15,18H,3,11-14H2,1-2H3. The van der Waals surface area contributed by atoms with Crippen LogP contribution >= 0.6 is 0 Å². The molecule has 0 amide bonds. The third-order valence-corrected chi connectivity index (χ3v) is 9.17. The van der Waals surface area contributed by atoms with Gasteiger partial charge in [-0.05, 0) is 62.6 Å². The Kier molecular flexibility index (Phi) is 6.12. The number of aryl methyl sites for hydroxylation is 1. The largest absolute Gasteiger partial charge is 0.494 e. The number of sulfonamides is 1. The molecule has 3 rings (SSSR count). The van der Waals surface area contributed by atoms with Crippen molar-refractivity contribution in [2.45, 2.75) is 41.7 Å². The zero-order chi connectivity index (χ0) is 20.4. The van der Waals surface area contributed by atoms with Gasteiger partial charge >= 0.3 is 0 Å². The Morgan fingerprint density at radius 2 is 1.61 bits per heavy atom. The monoisotopic (exact) mass is 423 g/mol. The van der Waals surface area contributed by atoms with E-state index in [1.54, 1.807) is 48.5 Å². The van der Waals surface area contributed by atoms with Crippen LogP contribution in [0, 0.1) is 6.92 Å². The van der Waals surface area contributed by atoms with Gasteiger partial charge in [-0.15, -0.1) is 0 Å². The Labute approximate surface area is 167 Å². The Bertz CT molecular complexity index is 1030. The van der Waals surface area contributed by atoms with Gasteiger partial charge in [0.15, 0.2) is 9.84 Å². The van der Waals surface area contributed by atoms with Crippen molar-refractivity contribution in [2.75, 3.05) is 19.7 Å². The molecular weight excluding hydrogens is 398 g/mol. The van der Waals surface area contributed by atoms with Crippen LogP contribution in [0.3, 0.4) is 0 Å². The summed E-state index contributed by atoms with van der Waals surface area (Å²) in [5.74, 6) is 0.661. The fourth-order valence-electron chi connectivity index (χ4n) is 3.43. The maximum absolute atomic E-state index is 13.0. The molecule has 1 aliphatic heterocycles. The van der Waals surface area contributed by atoms with E-state index in [1.165, 1.54) is 4.31 Å². The summed E-state index contributed by atoms with van der Waals surface area (Å²) in [6, 6.07) is 13.1. The van der Waals surface area contributed by atoms with E-state index in [1.807, 2.05) is 13.8 Å². The van der Waals surface area contributed by atoms with Gasteiger partial charge in [-0.3, -0.25) is 0 Å². The Balaban J connectivity index is 1.74. The second-order valence-electron chi connectivity index (χ2n) is 6.82. The first-order valence-corrected chi connectivity index (χ1v) is 12.3. The quantitative estimate of drug-likeness (QED) is 0.713. The highest BCUT2D eigenvalue weighted by Crippen LogP contribution is 2.29. The summed E-state index contributed by atoms with van der Waals surface area (Å²) >= 11 is 0. The Hall–Kier alpha value is -1.90. The second-order valence-corrected chi connectivity index (χ2v) is 11.0. The van der Waals surface area contributed by atoms with Crippen LogP contribution in [0.5, 0.6) is 5.75 Å². The first-order valence-electron chi connectivity index (χ1n) is 9.29. The third kappa shape index (κ3) is 4.09.